The molecule has 0 bridgehead atoms. The van der Waals surface area contributed by atoms with Crippen molar-refractivity contribution in [2.45, 2.75) is 0 Å². The van der Waals surface area contributed by atoms with Crippen molar-refractivity contribution in [2.24, 2.45) is 0 Å². The molecule has 6 nitrogen and oxygen atoms in total. The Hall–Kier alpha value is -2.86. The summed E-state index contributed by atoms with van der Waals surface area (Å²) in [6.45, 7) is -0.716. The molecule has 0 aliphatic heterocycles. The van der Waals surface area contributed by atoms with E-state index < -0.39 is 5.97 Å². The van der Waals surface area contributed by atoms with Crippen LogP contribution in [0.15, 0.2) is 48.5 Å². The van der Waals surface area contributed by atoms with E-state index in [2.05, 4.69) is 4.74 Å². The van der Waals surface area contributed by atoms with E-state index in [4.69, 9.17) is 9.84 Å². The molecule has 0 amide bonds. The Morgan fingerprint density at radius 2 is 1.78 bits per heavy atom. The van der Waals surface area contributed by atoms with Crippen LogP contribution < -0.4 is 4.74 Å². The number of hydrogen-bond acceptors (Lipinski definition) is 6. The van der Waals surface area contributed by atoms with Gasteiger partial charge in [-0.3, -0.25) is 4.79 Å². The van der Waals surface area contributed by atoms with Gasteiger partial charge < -0.3 is 19.7 Å². The summed E-state index contributed by atoms with van der Waals surface area (Å²) in [5.41, 5.74) is 0.607. The predicted molar refractivity (Wildman–Crippen MR) is 81.5 cm³/mol. The molecule has 2 aromatic carbocycles. The number of esters is 1. The minimum atomic E-state index is -0.636. The number of carbonyl (C=O) groups excluding carboxylic acids is 2. The first-order chi connectivity index (χ1) is 11.1. The van der Waals surface area contributed by atoms with Gasteiger partial charge in [0.05, 0.1) is 12.2 Å². The lowest BCUT2D eigenvalue weighted by Gasteiger charge is -2.09. The van der Waals surface area contributed by atoms with Crippen molar-refractivity contribution in [1.82, 2.24) is 0 Å². The number of hydrogen-bond donors (Lipinski definition) is 2. The highest BCUT2D eigenvalue weighted by atomic mass is 16.6. The van der Waals surface area contributed by atoms with Gasteiger partial charge in [0.2, 0.25) is 0 Å². The fourth-order valence-corrected chi connectivity index (χ4v) is 1.88. The van der Waals surface area contributed by atoms with Crippen LogP contribution in [0.5, 0.6) is 11.5 Å². The molecule has 0 spiro atoms. The number of rotatable bonds is 7. The van der Waals surface area contributed by atoms with Gasteiger partial charge in [0.1, 0.15) is 18.1 Å². The van der Waals surface area contributed by atoms with Gasteiger partial charge >= 0.3 is 5.97 Å². The largest absolute Gasteiger partial charge is 0.507 e. The van der Waals surface area contributed by atoms with Crippen LogP contribution in [0, 0.1) is 0 Å². The molecule has 0 saturated heterocycles. The van der Waals surface area contributed by atoms with Crippen LogP contribution in [0.1, 0.15) is 15.9 Å². The van der Waals surface area contributed by atoms with Gasteiger partial charge in [-0.15, -0.1) is 0 Å². The Bertz CT molecular complexity index is 681. The zero-order chi connectivity index (χ0) is 16.7. The average molecular weight is 316 g/mol. The Kier molecular flexibility index (Phi) is 5.71. The fourth-order valence-electron chi connectivity index (χ4n) is 1.88. The zero-order valence-electron chi connectivity index (χ0n) is 12.3. The van der Waals surface area contributed by atoms with E-state index in [1.807, 2.05) is 0 Å². The quantitative estimate of drug-likeness (QED) is 0.594. The first-order valence-electron chi connectivity index (χ1n) is 6.94. The summed E-state index contributed by atoms with van der Waals surface area (Å²) in [5.74, 6) is -0.951. The van der Waals surface area contributed by atoms with Crippen LogP contribution in [0.25, 0.3) is 0 Å². The maximum absolute atomic E-state index is 12.3. The Balaban J connectivity index is 2.03. The summed E-state index contributed by atoms with van der Waals surface area (Å²) in [7, 11) is 0. The molecule has 2 aromatic rings. The first-order valence-corrected chi connectivity index (χ1v) is 6.94. The summed E-state index contributed by atoms with van der Waals surface area (Å²) >= 11 is 0. The zero-order valence-corrected chi connectivity index (χ0v) is 12.3. The molecule has 0 fully saturated rings. The third-order valence-electron chi connectivity index (χ3n) is 2.96. The van der Waals surface area contributed by atoms with Crippen LogP contribution in [0.4, 0.5) is 0 Å². The normalized spacial score (nSPS) is 10.1. The van der Waals surface area contributed by atoms with Crippen molar-refractivity contribution in [3.05, 3.63) is 59.7 Å². The van der Waals surface area contributed by atoms with E-state index in [9.17, 15) is 14.7 Å². The molecule has 0 aliphatic carbocycles. The molecule has 23 heavy (non-hydrogen) atoms. The molecular formula is C17H16O6. The molecule has 0 unspecified atom stereocenters. The smallest absolute Gasteiger partial charge is 0.344 e. The maximum atomic E-state index is 12.3. The van der Waals surface area contributed by atoms with E-state index >= 15 is 0 Å². The standard InChI is InChI=1S/C17H16O6/c18-8-9-22-16(20)11-23-13-6-7-14(15(19)10-13)17(21)12-4-2-1-3-5-12/h1-7,10,18-19H,8-9,11H2. The monoisotopic (exact) mass is 316 g/mol. The van der Waals surface area contributed by atoms with Crippen LogP contribution >= 0.6 is 0 Å². The molecule has 0 aromatic heterocycles. The maximum Gasteiger partial charge on any atom is 0.344 e. The molecule has 0 saturated carbocycles. The van der Waals surface area contributed by atoms with Gasteiger partial charge in [-0.05, 0) is 12.1 Å². The Morgan fingerprint density at radius 1 is 1.04 bits per heavy atom. The molecule has 0 aliphatic rings. The highest BCUT2D eigenvalue weighted by Gasteiger charge is 2.14. The number of aliphatic hydroxyl groups excluding tert-OH is 1. The summed E-state index contributed by atoms with van der Waals surface area (Å²) < 4.78 is 9.79. The summed E-state index contributed by atoms with van der Waals surface area (Å²) in [4.78, 5) is 23.5. The van der Waals surface area contributed by atoms with Crippen molar-refractivity contribution in [3.63, 3.8) is 0 Å². The topological polar surface area (TPSA) is 93.1 Å². The first kappa shape index (κ1) is 16.5. The lowest BCUT2D eigenvalue weighted by molar-refractivity contribution is -0.146. The van der Waals surface area contributed by atoms with Gasteiger partial charge in [-0.2, -0.15) is 0 Å². The molecule has 0 heterocycles. The summed E-state index contributed by atoms with van der Waals surface area (Å²) in [5, 5.41) is 18.5. The number of ketones is 1. The number of phenols is 1. The SMILES string of the molecule is O=C(COc1ccc(C(=O)c2ccccc2)c(O)c1)OCCO. The minimum absolute atomic E-state index is 0.0992. The second-order valence-corrected chi connectivity index (χ2v) is 4.61. The van der Waals surface area contributed by atoms with E-state index in [-0.39, 0.29) is 42.7 Å². The summed E-state index contributed by atoms with van der Waals surface area (Å²) in [6, 6.07) is 12.7. The van der Waals surface area contributed by atoms with Gasteiger partial charge in [-0.1, -0.05) is 30.3 Å². The molecule has 0 radical (unpaired) electrons. The van der Waals surface area contributed by atoms with Crippen LogP contribution in [0.3, 0.4) is 0 Å². The van der Waals surface area contributed by atoms with E-state index in [1.165, 1.54) is 18.2 Å². The lowest BCUT2D eigenvalue weighted by Crippen LogP contribution is -2.16. The molecule has 2 rings (SSSR count). The van der Waals surface area contributed by atoms with Crippen LogP contribution in [0.2, 0.25) is 0 Å². The highest BCUT2D eigenvalue weighted by Crippen LogP contribution is 2.25. The average Bonchev–Trinajstić information content (AvgIpc) is 2.58. The van der Waals surface area contributed by atoms with Crippen LogP contribution in [-0.2, 0) is 9.53 Å². The van der Waals surface area contributed by atoms with Gasteiger partial charge in [0, 0.05) is 11.6 Å². The van der Waals surface area contributed by atoms with E-state index in [1.54, 1.807) is 30.3 Å². The fraction of sp³-hybridized carbons (Fsp3) is 0.176. The van der Waals surface area contributed by atoms with Crippen LogP contribution in [-0.4, -0.2) is 41.8 Å². The van der Waals surface area contributed by atoms with Crippen molar-refractivity contribution >= 4 is 11.8 Å². The van der Waals surface area contributed by atoms with Crippen molar-refractivity contribution in [2.75, 3.05) is 19.8 Å². The second-order valence-electron chi connectivity index (χ2n) is 4.61. The number of ether oxygens (including phenoxy) is 2. The molecular weight excluding hydrogens is 300 g/mol. The Morgan fingerprint density at radius 3 is 2.43 bits per heavy atom. The number of phenolic OH excluding ortho intramolecular Hbond substituents is 1. The number of benzene rings is 2. The number of aromatic hydroxyl groups is 1. The lowest BCUT2D eigenvalue weighted by atomic mass is 10.0. The van der Waals surface area contributed by atoms with Crippen molar-refractivity contribution < 1.29 is 29.3 Å². The van der Waals surface area contributed by atoms with E-state index in [0.29, 0.717) is 5.56 Å². The second kappa shape index (κ2) is 7.95. The minimum Gasteiger partial charge on any atom is -0.507 e. The third-order valence-corrected chi connectivity index (χ3v) is 2.96. The molecule has 6 heteroatoms. The van der Waals surface area contributed by atoms with Gasteiger partial charge in [-0.25, -0.2) is 4.79 Å². The molecule has 120 valence electrons. The number of carbonyl (C=O) groups is 2. The van der Waals surface area contributed by atoms with Gasteiger partial charge in [0.25, 0.3) is 0 Å². The predicted octanol–water partition coefficient (Wildman–Crippen LogP) is 1.54. The van der Waals surface area contributed by atoms with Crippen molar-refractivity contribution in [1.29, 1.82) is 0 Å². The highest BCUT2D eigenvalue weighted by molar-refractivity contribution is 6.10. The third kappa shape index (κ3) is 4.55. The Labute approximate surface area is 132 Å². The van der Waals surface area contributed by atoms with E-state index in [0.717, 1.165) is 0 Å². The molecule has 0 atom stereocenters. The summed E-state index contributed by atoms with van der Waals surface area (Å²) in [6.07, 6.45) is 0. The molecule has 2 N–H and O–H groups in total. The number of aliphatic hydroxyl groups is 1. The van der Waals surface area contributed by atoms with Gasteiger partial charge in [0.15, 0.2) is 12.4 Å². The van der Waals surface area contributed by atoms with Crippen molar-refractivity contribution in [3.8, 4) is 11.5 Å².